The fraction of sp³-hybridized carbons (Fsp3) is 0. The van der Waals surface area contributed by atoms with Gasteiger partial charge in [-0.1, -0.05) is 146 Å². The molecule has 0 unspecified atom stereocenters. The summed E-state index contributed by atoms with van der Waals surface area (Å²) in [4.78, 5) is 15.3. The standard InChI is InChI=1S/C51H30N4O2/c1-3-15-31(16-4-1)49-52-50(32-17-5-2-6-18-32)54-51(53-49)39-24-14-28-44-46(39)47-40(38-23-13-22-37-36-21-9-12-27-43(36)57-48(37)38)29-33(30-45(47)56-44)55-41-25-10-7-19-34(41)35-20-8-11-26-42(35)55/h1-30H. The van der Waals surface area contributed by atoms with E-state index in [4.69, 9.17) is 23.8 Å². The molecule has 0 saturated carbocycles. The van der Waals surface area contributed by atoms with Gasteiger partial charge >= 0.3 is 0 Å². The second-order valence-corrected chi connectivity index (χ2v) is 14.3. The minimum atomic E-state index is 0.565. The molecule has 0 saturated heterocycles. The molecule has 12 rings (SSSR count). The van der Waals surface area contributed by atoms with Crippen molar-refractivity contribution in [1.29, 1.82) is 0 Å². The molecule has 6 heteroatoms. The number of para-hydroxylation sites is 4. The van der Waals surface area contributed by atoms with Crippen LogP contribution in [0.25, 0.3) is 117 Å². The number of hydrogen-bond donors (Lipinski definition) is 0. The van der Waals surface area contributed by atoms with Crippen LogP contribution < -0.4 is 0 Å². The number of furan rings is 2. The van der Waals surface area contributed by atoms with Crippen molar-refractivity contribution in [3.63, 3.8) is 0 Å². The summed E-state index contributed by atoms with van der Waals surface area (Å²) in [5.41, 5.74) is 11.0. The third-order valence-corrected chi connectivity index (χ3v) is 11.1. The van der Waals surface area contributed by atoms with E-state index in [2.05, 4.69) is 102 Å². The van der Waals surface area contributed by atoms with E-state index in [9.17, 15) is 0 Å². The summed E-state index contributed by atoms with van der Waals surface area (Å²) in [5, 5.41) is 6.41. The monoisotopic (exact) mass is 730 g/mol. The molecule has 0 aliphatic rings. The van der Waals surface area contributed by atoms with E-state index in [1.54, 1.807) is 0 Å². The quantitative estimate of drug-likeness (QED) is 0.176. The lowest BCUT2D eigenvalue weighted by atomic mass is 9.95. The maximum absolute atomic E-state index is 6.93. The van der Waals surface area contributed by atoms with E-state index < -0.39 is 0 Å². The first-order chi connectivity index (χ1) is 28.3. The summed E-state index contributed by atoms with van der Waals surface area (Å²) >= 11 is 0. The van der Waals surface area contributed by atoms with Gasteiger partial charge in [0, 0.05) is 60.6 Å². The molecule has 0 fully saturated rings. The van der Waals surface area contributed by atoms with Gasteiger partial charge in [-0.05, 0) is 35.9 Å². The van der Waals surface area contributed by atoms with E-state index in [0.717, 1.165) is 88.4 Å². The van der Waals surface area contributed by atoms with Crippen LogP contribution in [0.15, 0.2) is 191 Å². The highest BCUT2D eigenvalue weighted by Crippen LogP contribution is 2.46. The molecule has 57 heavy (non-hydrogen) atoms. The number of nitrogens with zero attached hydrogens (tertiary/aromatic N) is 4. The first kappa shape index (κ1) is 31.5. The van der Waals surface area contributed by atoms with Crippen LogP contribution in [0.5, 0.6) is 0 Å². The first-order valence-electron chi connectivity index (χ1n) is 19.0. The van der Waals surface area contributed by atoms with Crippen LogP contribution in [0.3, 0.4) is 0 Å². The molecule has 0 aliphatic heterocycles. The van der Waals surface area contributed by atoms with Crippen molar-refractivity contribution in [2.75, 3.05) is 0 Å². The molecule has 266 valence electrons. The van der Waals surface area contributed by atoms with Crippen molar-refractivity contribution >= 4 is 65.7 Å². The average molecular weight is 731 g/mol. The highest BCUT2D eigenvalue weighted by atomic mass is 16.3. The van der Waals surface area contributed by atoms with Gasteiger partial charge in [-0.25, -0.2) is 15.0 Å². The summed E-state index contributed by atoms with van der Waals surface area (Å²) in [7, 11) is 0. The maximum atomic E-state index is 6.93. The third-order valence-electron chi connectivity index (χ3n) is 11.1. The van der Waals surface area contributed by atoms with E-state index in [-0.39, 0.29) is 0 Å². The fourth-order valence-electron chi connectivity index (χ4n) is 8.55. The van der Waals surface area contributed by atoms with Gasteiger partial charge in [-0.15, -0.1) is 0 Å². The Kier molecular flexibility index (Phi) is 6.83. The Bertz CT molecular complexity index is 3410. The largest absolute Gasteiger partial charge is 0.456 e. The van der Waals surface area contributed by atoms with Gasteiger partial charge in [0.15, 0.2) is 17.5 Å². The molecule has 12 aromatic rings. The maximum Gasteiger partial charge on any atom is 0.164 e. The van der Waals surface area contributed by atoms with Crippen LogP contribution in [0.2, 0.25) is 0 Å². The van der Waals surface area contributed by atoms with Gasteiger partial charge in [0.2, 0.25) is 0 Å². The van der Waals surface area contributed by atoms with E-state index >= 15 is 0 Å². The molecule has 6 nitrogen and oxygen atoms in total. The number of aromatic nitrogens is 4. The highest BCUT2D eigenvalue weighted by Gasteiger charge is 2.24. The molecule has 0 amide bonds. The zero-order valence-corrected chi connectivity index (χ0v) is 30.4. The Hall–Kier alpha value is -7.83. The zero-order valence-electron chi connectivity index (χ0n) is 30.4. The zero-order chi connectivity index (χ0) is 37.5. The van der Waals surface area contributed by atoms with Gasteiger partial charge < -0.3 is 13.4 Å². The van der Waals surface area contributed by atoms with Crippen LogP contribution in [0, 0.1) is 0 Å². The molecule has 8 aromatic carbocycles. The van der Waals surface area contributed by atoms with Crippen LogP contribution >= 0.6 is 0 Å². The predicted molar refractivity (Wildman–Crippen MR) is 230 cm³/mol. The topological polar surface area (TPSA) is 69.9 Å². The lowest BCUT2D eigenvalue weighted by Crippen LogP contribution is -2.00. The molecule has 0 spiro atoms. The van der Waals surface area contributed by atoms with Gasteiger partial charge in [0.1, 0.15) is 22.3 Å². The molecule has 0 radical (unpaired) electrons. The van der Waals surface area contributed by atoms with E-state index in [1.165, 1.54) is 10.8 Å². The summed E-state index contributed by atoms with van der Waals surface area (Å²) in [6, 6.07) is 62.5. The Balaban J connectivity index is 1.20. The van der Waals surface area contributed by atoms with Crippen LogP contribution in [-0.4, -0.2) is 19.5 Å². The fourth-order valence-corrected chi connectivity index (χ4v) is 8.55. The van der Waals surface area contributed by atoms with Crippen molar-refractivity contribution < 1.29 is 8.83 Å². The highest BCUT2D eigenvalue weighted by molar-refractivity contribution is 6.21. The van der Waals surface area contributed by atoms with Gasteiger partial charge in [0.05, 0.1) is 16.7 Å². The Morgan fingerprint density at radius 2 is 0.877 bits per heavy atom. The van der Waals surface area contributed by atoms with Crippen LogP contribution in [0.4, 0.5) is 0 Å². The number of fused-ring (bicyclic) bond motifs is 9. The van der Waals surface area contributed by atoms with Gasteiger partial charge in [-0.2, -0.15) is 0 Å². The SMILES string of the molecule is c1ccc(-c2nc(-c3ccccc3)nc(-c3cccc4oc5cc(-n6c7ccccc7c7ccccc76)cc(-c6cccc7c6oc6ccccc67)c5c34)n2)cc1. The number of hydrogen-bond acceptors (Lipinski definition) is 5. The predicted octanol–water partition coefficient (Wildman–Crippen LogP) is 13.4. The van der Waals surface area contributed by atoms with Crippen molar-refractivity contribution in [3.8, 4) is 51.0 Å². The van der Waals surface area contributed by atoms with Gasteiger partial charge in [0.25, 0.3) is 0 Å². The molecule has 0 N–H and O–H groups in total. The molecule has 0 aliphatic carbocycles. The van der Waals surface area contributed by atoms with Crippen molar-refractivity contribution in [2.24, 2.45) is 0 Å². The van der Waals surface area contributed by atoms with Crippen LogP contribution in [-0.2, 0) is 0 Å². The van der Waals surface area contributed by atoms with Crippen molar-refractivity contribution in [2.45, 2.75) is 0 Å². The molecule has 0 atom stereocenters. The van der Waals surface area contributed by atoms with E-state index in [1.807, 2.05) is 84.9 Å². The Morgan fingerprint density at radius 1 is 0.351 bits per heavy atom. The van der Waals surface area contributed by atoms with Crippen molar-refractivity contribution in [3.05, 3.63) is 182 Å². The molecular weight excluding hydrogens is 701 g/mol. The Labute approximate surface area is 325 Å². The minimum Gasteiger partial charge on any atom is -0.456 e. The number of benzene rings is 8. The second-order valence-electron chi connectivity index (χ2n) is 14.3. The average Bonchev–Trinajstić information content (AvgIpc) is 3.96. The summed E-state index contributed by atoms with van der Waals surface area (Å²) in [5.74, 6) is 1.77. The second kappa shape index (κ2) is 12.3. The summed E-state index contributed by atoms with van der Waals surface area (Å²) in [6.45, 7) is 0. The normalized spacial score (nSPS) is 11.9. The summed E-state index contributed by atoms with van der Waals surface area (Å²) in [6.07, 6.45) is 0. The molecular formula is C51H30N4O2. The lowest BCUT2D eigenvalue weighted by molar-refractivity contribution is 0.668. The number of rotatable bonds is 5. The minimum absolute atomic E-state index is 0.565. The molecule has 4 heterocycles. The summed E-state index contributed by atoms with van der Waals surface area (Å²) < 4.78 is 16.0. The van der Waals surface area contributed by atoms with Crippen molar-refractivity contribution in [1.82, 2.24) is 19.5 Å². The van der Waals surface area contributed by atoms with E-state index in [0.29, 0.717) is 17.5 Å². The molecule has 0 bridgehead atoms. The molecule has 4 aromatic heterocycles. The van der Waals surface area contributed by atoms with Gasteiger partial charge in [-0.3, -0.25) is 0 Å². The Morgan fingerprint density at radius 3 is 1.58 bits per heavy atom. The smallest absolute Gasteiger partial charge is 0.164 e. The first-order valence-corrected chi connectivity index (χ1v) is 19.0. The van der Waals surface area contributed by atoms with Crippen LogP contribution in [0.1, 0.15) is 0 Å². The third kappa shape index (κ3) is 4.87. The lowest BCUT2D eigenvalue weighted by Gasteiger charge is -2.13.